The Hall–Kier alpha value is 0.110. The number of ether oxygens (including phenoxy) is 1. The summed E-state index contributed by atoms with van der Waals surface area (Å²) in [6.07, 6.45) is 5.83. The molecule has 1 amide bonds. The summed E-state index contributed by atoms with van der Waals surface area (Å²) in [6.45, 7) is 2.10. The van der Waals surface area contributed by atoms with Gasteiger partial charge in [-0.15, -0.1) is 0 Å². The Bertz CT molecular complexity index is 995. The first-order chi connectivity index (χ1) is 16.3. The van der Waals surface area contributed by atoms with Crippen molar-refractivity contribution in [3.05, 3.63) is 67.6 Å². The van der Waals surface area contributed by atoms with Gasteiger partial charge in [0.25, 0.3) is 0 Å². The smallest absolute Gasteiger partial charge is 0.417 e. The largest absolute Gasteiger partial charge is 1.00 e. The van der Waals surface area contributed by atoms with Crippen molar-refractivity contribution in [1.29, 1.82) is 0 Å². The molecule has 4 rings (SSSR count). The second-order valence-electron chi connectivity index (χ2n) is 7.84. The first-order valence-electron chi connectivity index (χ1n) is 10.9. The first-order valence-corrected chi connectivity index (χ1v) is 11.4. The van der Waals surface area contributed by atoms with Gasteiger partial charge in [-0.25, -0.2) is 10.5 Å². The second-order valence-corrected chi connectivity index (χ2v) is 8.37. The number of nitrogens with two attached hydrogens (primary N) is 1. The topological polar surface area (TPSA) is 114 Å². The van der Waals surface area contributed by atoms with Crippen LogP contribution < -0.4 is 84.7 Å². The van der Waals surface area contributed by atoms with Crippen LogP contribution in [0.1, 0.15) is 41.8 Å². The molecule has 4 N–H and O–H groups in total. The van der Waals surface area contributed by atoms with Crippen LogP contribution in [0.2, 0.25) is 0 Å². The zero-order valence-corrected chi connectivity index (χ0v) is 31.1. The number of nitrogens with one attached hydrogen (secondary N) is 1. The van der Waals surface area contributed by atoms with E-state index in [-0.39, 0.29) is 127 Å². The van der Waals surface area contributed by atoms with E-state index >= 15 is 0 Å². The van der Waals surface area contributed by atoms with Crippen molar-refractivity contribution in [2.24, 2.45) is 0 Å². The third-order valence-electron chi connectivity index (χ3n) is 5.46. The van der Waals surface area contributed by atoms with Gasteiger partial charge in [0.1, 0.15) is 0 Å². The fraction of sp³-hybridized carbons (Fsp3) is 0.417. The molecule has 8 nitrogen and oxygen atoms in total. The summed E-state index contributed by atoms with van der Waals surface area (Å²) in [5.41, 5.74) is 8.60. The van der Waals surface area contributed by atoms with Gasteiger partial charge in [0, 0.05) is 40.2 Å². The molecule has 0 bridgehead atoms. The number of aromatic nitrogens is 2. The number of rotatable bonds is 4. The molecule has 2 aromatic heterocycles. The van der Waals surface area contributed by atoms with E-state index in [0.717, 1.165) is 42.6 Å². The average molecular weight is 824 g/mol. The average Bonchev–Trinajstić information content (AvgIpc) is 3.02. The summed E-state index contributed by atoms with van der Waals surface area (Å²) >= 11 is 4.55. The number of halogens is 2. The van der Waals surface area contributed by atoms with Crippen LogP contribution in [0.4, 0.5) is 14.6 Å². The van der Waals surface area contributed by atoms with E-state index in [4.69, 9.17) is 10.8 Å². The zero-order valence-electron chi connectivity index (χ0n) is 21.0. The van der Waals surface area contributed by atoms with E-state index in [1.54, 1.807) is 0 Å². The maximum atomic E-state index is 12.8. The molecule has 4 heterocycles. The van der Waals surface area contributed by atoms with Crippen molar-refractivity contribution in [3.8, 4) is 5.88 Å². The minimum atomic E-state index is -2.88. The monoisotopic (exact) mass is 824 g/mol. The zero-order chi connectivity index (χ0) is 24.7. The molecule has 1 fully saturated rings. The Balaban J connectivity index is 0.000000749. The molecule has 2 aliphatic rings. The Labute approximate surface area is 296 Å². The van der Waals surface area contributed by atoms with E-state index in [2.05, 4.69) is 52.1 Å². The van der Waals surface area contributed by atoms with Gasteiger partial charge in [0.2, 0.25) is 11.8 Å². The Morgan fingerprint density at radius 1 is 1.41 bits per heavy atom. The maximum absolute atomic E-state index is 12.8. The van der Waals surface area contributed by atoms with Crippen LogP contribution >= 0.6 is 12.6 Å². The predicted octanol–water partition coefficient (Wildman–Crippen LogP) is -0.240. The predicted molar refractivity (Wildman–Crippen MR) is 132 cm³/mol. The summed E-state index contributed by atoms with van der Waals surface area (Å²) < 4.78 is 27.3. The molecule has 37 heavy (non-hydrogen) atoms. The van der Waals surface area contributed by atoms with Crippen LogP contribution in [0.3, 0.4) is 0 Å². The van der Waals surface area contributed by atoms with Crippen LogP contribution in [-0.2, 0) is 45.4 Å². The number of likely N-dealkylation sites (tertiary alicyclic amines) is 1. The third-order valence-corrected chi connectivity index (χ3v) is 5.94. The van der Waals surface area contributed by atoms with Crippen molar-refractivity contribution < 1.29 is 113 Å². The molecular weight excluding hydrogens is 793 g/mol. The van der Waals surface area contributed by atoms with E-state index in [0.29, 0.717) is 24.5 Å². The quantitative estimate of drug-likeness (QED) is 0.249. The van der Waals surface area contributed by atoms with E-state index in [1.807, 2.05) is 4.90 Å². The summed E-state index contributed by atoms with van der Waals surface area (Å²) in [7, 11) is 0. The molecule has 0 saturated carbocycles. The number of hydrogen-bond acceptors (Lipinski definition) is 8. The first kappa shape index (κ1) is 37.1. The number of amides is 1. The van der Waals surface area contributed by atoms with Crippen molar-refractivity contribution in [1.82, 2.24) is 20.2 Å². The number of aliphatic hydroxyl groups excluding tert-OH is 1. The molecule has 2 atom stereocenters. The van der Waals surface area contributed by atoms with Gasteiger partial charge in [-0.2, -0.15) is 27.8 Å². The number of carbonyl (C=O) groups is 1. The van der Waals surface area contributed by atoms with Crippen molar-refractivity contribution in [2.75, 3.05) is 12.3 Å². The fourth-order valence-corrected chi connectivity index (χ4v) is 4.18. The molecule has 2 unspecified atom stereocenters. The number of nitrogens with zero attached hydrogens (tertiary/aromatic N) is 3. The SMILES string of the molecule is OCc1cccc(OC(F)F)n1.[CH2-]c1[c-]c(N)nc2c1CC(C(=O)N1CCCC[CH-]C1S)NC2.[CH3-].[Cs+].[W]. The normalized spacial score (nSPS) is 18.5. The van der Waals surface area contributed by atoms with Crippen molar-refractivity contribution in [3.63, 3.8) is 0 Å². The molecule has 13 heteroatoms. The number of pyridine rings is 2. The molecule has 0 aliphatic carbocycles. The van der Waals surface area contributed by atoms with Crippen LogP contribution in [0, 0.1) is 26.8 Å². The summed E-state index contributed by atoms with van der Waals surface area (Å²) in [5.74, 6) is 0.268. The van der Waals surface area contributed by atoms with Crippen molar-refractivity contribution >= 4 is 24.4 Å². The standard InChI is InChI=1S/C16H21N4OS.C7H7F2NO2.CH3.Cs.W/c1-10-7-14(17)19-13-9-18-12(8-11(10)13)16(21)20-6-4-2-3-5-15(20)22;8-7(9)12-6-3-1-2-5(4-11)10-6;;;/h5,12,15,18,22H,1-4,6,8-9H2,(H2,17,19);1-3,7,11H,4H2;1H3;;/q-3;;-1;+1;. The van der Waals surface area contributed by atoms with Crippen LogP contribution in [0.25, 0.3) is 0 Å². The minimum Gasteiger partial charge on any atom is -0.417 e. The Morgan fingerprint density at radius 2 is 2.14 bits per heavy atom. The molecule has 2 aliphatic heterocycles. The van der Waals surface area contributed by atoms with Gasteiger partial charge >= 0.3 is 75.5 Å². The molecule has 2 aromatic rings. The van der Waals surface area contributed by atoms with Crippen LogP contribution in [0.15, 0.2) is 18.2 Å². The number of thiol groups is 1. The number of alkyl halides is 2. The second kappa shape index (κ2) is 18.5. The number of aliphatic hydroxyl groups is 1. The van der Waals surface area contributed by atoms with Crippen molar-refractivity contribution in [2.45, 2.75) is 56.9 Å². The number of hydrogen-bond donors (Lipinski definition) is 4. The number of anilines is 1. The Kier molecular flexibility index (Phi) is 18.5. The Morgan fingerprint density at radius 3 is 2.81 bits per heavy atom. The molecule has 200 valence electrons. The summed E-state index contributed by atoms with van der Waals surface area (Å²) in [4.78, 5) is 22.5. The molecule has 0 spiro atoms. The molecular formula is C24H31CsF2N5O3SW-3. The summed E-state index contributed by atoms with van der Waals surface area (Å²) in [6, 6.07) is 6.97. The van der Waals surface area contributed by atoms with E-state index in [9.17, 15) is 13.6 Å². The fourth-order valence-electron chi connectivity index (χ4n) is 3.80. The molecule has 1 saturated heterocycles. The van der Waals surface area contributed by atoms with Gasteiger partial charge in [-0.1, -0.05) is 24.6 Å². The van der Waals surface area contributed by atoms with E-state index in [1.165, 1.54) is 18.2 Å². The maximum Gasteiger partial charge on any atom is 1.00 e. The number of carbonyl (C=O) groups excluding carboxylic acids is 1. The van der Waals surface area contributed by atoms with Gasteiger partial charge in [0.05, 0.1) is 18.3 Å². The number of fused-ring (bicyclic) bond motifs is 1. The van der Waals surface area contributed by atoms with Gasteiger partial charge < -0.3 is 51.8 Å². The molecule has 0 radical (unpaired) electrons. The van der Waals surface area contributed by atoms with Crippen LogP contribution in [0.5, 0.6) is 5.88 Å². The van der Waals surface area contributed by atoms with Gasteiger partial charge in [-0.3, -0.25) is 16.2 Å². The molecule has 0 aromatic carbocycles. The minimum absolute atomic E-state index is 0. The third kappa shape index (κ3) is 11.3. The van der Waals surface area contributed by atoms with Crippen LogP contribution in [-0.4, -0.2) is 50.5 Å². The summed E-state index contributed by atoms with van der Waals surface area (Å²) in [5, 5.41) is 11.8. The number of nitrogen functional groups attached to an aromatic ring is 1. The van der Waals surface area contributed by atoms with Gasteiger partial charge in [0.15, 0.2) is 0 Å². The van der Waals surface area contributed by atoms with E-state index < -0.39 is 6.61 Å². The van der Waals surface area contributed by atoms with Gasteiger partial charge in [-0.05, 0) is 23.7 Å².